The Morgan fingerprint density at radius 1 is 1.17 bits per heavy atom. The van der Waals surface area contributed by atoms with Gasteiger partial charge in [-0.3, -0.25) is 4.90 Å². The maximum absolute atomic E-state index is 9.66. The van der Waals surface area contributed by atoms with Crippen LogP contribution in [0.1, 0.15) is 19.3 Å². The molecule has 0 aromatic rings. The molecule has 70 valence electrons. The topological polar surface area (TPSA) is 32.7 Å². The molecule has 3 nitrogen and oxygen atoms in total. The molecule has 1 saturated heterocycles. The van der Waals surface area contributed by atoms with Gasteiger partial charge in [-0.25, -0.2) is 0 Å². The molecule has 1 N–H and O–H groups in total. The molecule has 2 atom stereocenters. The van der Waals surface area contributed by atoms with E-state index in [0.717, 1.165) is 32.7 Å². The van der Waals surface area contributed by atoms with E-state index in [1.165, 1.54) is 12.8 Å². The molecule has 0 amide bonds. The van der Waals surface area contributed by atoms with Gasteiger partial charge in [0.2, 0.25) is 0 Å². The quantitative estimate of drug-likeness (QED) is 0.613. The first-order valence-electron chi connectivity index (χ1n) is 4.88. The zero-order chi connectivity index (χ0) is 8.39. The van der Waals surface area contributed by atoms with Crippen LogP contribution in [0.15, 0.2) is 0 Å². The minimum atomic E-state index is -0.0805. The van der Waals surface area contributed by atoms with Crippen LogP contribution in [0.25, 0.3) is 0 Å². The van der Waals surface area contributed by atoms with Gasteiger partial charge in [0.25, 0.3) is 0 Å². The smallest absolute Gasteiger partial charge is 0.0695 e. The summed E-state index contributed by atoms with van der Waals surface area (Å²) in [6.07, 6.45) is 3.26. The van der Waals surface area contributed by atoms with Crippen LogP contribution in [0.3, 0.4) is 0 Å². The Bertz CT molecular complexity index is 145. The second kappa shape index (κ2) is 3.73. The van der Waals surface area contributed by atoms with Crippen LogP contribution in [-0.2, 0) is 4.74 Å². The lowest BCUT2D eigenvalue weighted by Crippen LogP contribution is -2.46. The molecule has 1 aliphatic heterocycles. The van der Waals surface area contributed by atoms with Gasteiger partial charge in [0.1, 0.15) is 0 Å². The molecule has 2 rings (SSSR count). The molecule has 1 heterocycles. The highest BCUT2D eigenvalue weighted by atomic mass is 16.5. The summed E-state index contributed by atoms with van der Waals surface area (Å²) in [6, 6.07) is 0.425. The van der Waals surface area contributed by atoms with Gasteiger partial charge in [-0.05, 0) is 19.3 Å². The Balaban J connectivity index is 1.89. The van der Waals surface area contributed by atoms with E-state index in [0.29, 0.717) is 6.04 Å². The van der Waals surface area contributed by atoms with Crippen molar-refractivity contribution in [2.75, 3.05) is 26.3 Å². The molecule has 0 aromatic heterocycles. The fourth-order valence-corrected chi connectivity index (χ4v) is 2.26. The predicted octanol–water partition coefficient (Wildman–Crippen LogP) is 0.232. The van der Waals surface area contributed by atoms with E-state index in [4.69, 9.17) is 4.74 Å². The fourth-order valence-electron chi connectivity index (χ4n) is 2.26. The minimum absolute atomic E-state index is 0.0805. The van der Waals surface area contributed by atoms with Crippen LogP contribution in [0, 0.1) is 0 Å². The molecular weight excluding hydrogens is 154 g/mol. The summed E-state index contributed by atoms with van der Waals surface area (Å²) in [6.45, 7) is 3.68. The van der Waals surface area contributed by atoms with Crippen molar-refractivity contribution >= 4 is 0 Å². The molecular formula is C9H17NO2. The van der Waals surface area contributed by atoms with Gasteiger partial charge >= 0.3 is 0 Å². The van der Waals surface area contributed by atoms with Gasteiger partial charge in [-0.15, -0.1) is 0 Å². The highest BCUT2D eigenvalue weighted by Gasteiger charge is 2.31. The van der Waals surface area contributed by atoms with E-state index < -0.39 is 0 Å². The lowest BCUT2D eigenvalue weighted by atomic mass is 10.1. The summed E-state index contributed by atoms with van der Waals surface area (Å²) in [5.41, 5.74) is 0. The summed E-state index contributed by atoms with van der Waals surface area (Å²) < 4.78 is 5.27. The SMILES string of the molecule is OC1CCCC1N1CCOCC1. The third-order valence-electron chi connectivity index (χ3n) is 2.96. The average molecular weight is 171 g/mol. The lowest BCUT2D eigenvalue weighted by molar-refractivity contribution is -0.0113. The molecule has 0 spiro atoms. The Hall–Kier alpha value is -0.120. The number of hydrogen-bond donors (Lipinski definition) is 1. The highest BCUT2D eigenvalue weighted by Crippen LogP contribution is 2.24. The van der Waals surface area contributed by atoms with Crippen molar-refractivity contribution in [3.63, 3.8) is 0 Å². The average Bonchev–Trinajstić information content (AvgIpc) is 2.53. The van der Waals surface area contributed by atoms with E-state index >= 15 is 0 Å². The summed E-state index contributed by atoms with van der Waals surface area (Å²) in [5, 5.41) is 9.66. The zero-order valence-electron chi connectivity index (χ0n) is 7.41. The summed E-state index contributed by atoms with van der Waals surface area (Å²) in [5.74, 6) is 0. The molecule has 12 heavy (non-hydrogen) atoms. The first-order chi connectivity index (χ1) is 5.88. The van der Waals surface area contributed by atoms with E-state index in [1.807, 2.05) is 0 Å². The maximum Gasteiger partial charge on any atom is 0.0695 e. The van der Waals surface area contributed by atoms with Gasteiger partial charge in [-0.1, -0.05) is 0 Å². The first-order valence-corrected chi connectivity index (χ1v) is 4.88. The van der Waals surface area contributed by atoms with Crippen LogP contribution < -0.4 is 0 Å². The molecule has 2 unspecified atom stereocenters. The van der Waals surface area contributed by atoms with Crippen LogP contribution in [0.5, 0.6) is 0 Å². The number of hydrogen-bond acceptors (Lipinski definition) is 3. The van der Waals surface area contributed by atoms with E-state index in [9.17, 15) is 5.11 Å². The van der Waals surface area contributed by atoms with Gasteiger partial charge in [-0.2, -0.15) is 0 Å². The van der Waals surface area contributed by atoms with Crippen molar-refractivity contribution in [2.24, 2.45) is 0 Å². The predicted molar refractivity (Wildman–Crippen MR) is 46.0 cm³/mol. The monoisotopic (exact) mass is 171 g/mol. The molecule has 1 aliphatic carbocycles. The molecule has 0 bridgehead atoms. The number of ether oxygens (including phenoxy) is 1. The van der Waals surface area contributed by atoms with E-state index in [2.05, 4.69) is 4.90 Å². The highest BCUT2D eigenvalue weighted by molar-refractivity contribution is 4.85. The number of aliphatic hydroxyl groups excluding tert-OH is 1. The largest absolute Gasteiger partial charge is 0.391 e. The standard InChI is InChI=1S/C9H17NO2/c11-9-3-1-2-8(9)10-4-6-12-7-5-10/h8-9,11H,1-7H2. The molecule has 1 saturated carbocycles. The number of morpholine rings is 1. The third-order valence-corrected chi connectivity index (χ3v) is 2.96. The summed E-state index contributed by atoms with van der Waals surface area (Å²) in [4.78, 5) is 2.38. The van der Waals surface area contributed by atoms with Crippen LogP contribution >= 0.6 is 0 Å². The number of nitrogens with zero attached hydrogens (tertiary/aromatic N) is 1. The van der Waals surface area contributed by atoms with Crippen LogP contribution in [0.4, 0.5) is 0 Å². The van der Waals surface area contributed by atoms with Crippen molar-refractivity contribution < 1.29 is 9.84 Å². The maximum atomic E-state index is 9.66. The second-order valence-corrected chi connectivity index (χ2v) is 3.71. The Morgan fingerprint density at radius 2 is 1.92 bits per heavy atom. The van der Waals surface area contributed by atoms with Gasteiger partial charge < -0.3 is 9.84 Å². The van der Waals surface area contributed by atoms with E-state index in [1.54, 1.807) is 0 Å². The molecule has 2 aliphatic rings. The minimum Gasteiger partial charge on any atom is -0.391 e. The normalized spacial score (nSPS) is 38.8. The Labute approximate surface area is 73.3 Å². The summed E-state index contributed by atoms with van der Waals surface area (Å²) in [7, 11) is 0. The van der Waals surface area contributed by atoms with Crippen molar-refractivity contribution in [3.05, 3.63) is 0 Å². The third kappa shape index (κ3) is 1.63. The van der Waals surface area contributed by atoms with Crippen molar-refractivity contribution in [2.45, 2.75) is 31.4 Å². The van der Waals surface area contributed by atoms with E-state index in [-0.39, 0.29) is 6.10 Å². The Morgan fingerprint density at radius 3 is 2.50 bits per heavy atom. The molecule has 0 aromatic carbocycles. The zero-order valence-corrected chi connectivity index (χ0v) is 7.41. The Kier molecular flexibility index (Phi) is 2.63. The van der Waals surface area contributed by atoms with Crippen molar-refractivity contribution in [1.82, 2.24) is 4.90 Å². The molecule has 3 heteroatoms. The van der Waals surface area contributed by atoms with Crippen molar-refractivity contribution in [3.8, 4) is 0 Å². The second-order valence-electron chi connectivity index (χ2n) is 3.71. The lowest BCUT2D eigenvalue weighted by Gasteiger charge is -2.33. The van der Waals surface area contributed by atoms with Gasteiger partial charge in [0.05, 0.1) is 19.3 Å². The van der Waals surface area contributed by atoms with Crippen molar-refractivity contribution in [1.29, 1.82) is 0 Å². The molecule has 0 radical (unpaired) electrons. The van der Waals surface area contributed by atoms with Gasteiger partial charge in [0, 0.05) is 19.1 Å². The first kappa shape index (κ1) is 8.48. The van der Waals surface area contributed by atoms with Crippen LogP contribution in [-0.4, -0.2) is 48.5 Å². The number of rotatable bonds is 1. The molecule has 2 fully saturated rings. The fraction of sp³-hybridized carbons (Fsp3) is 1.00. The number of aliphatic hydroxyl groups is 1. The van der Waals surface area contributed by atoms with Crippen LogP contribution in [0.2, 0.25) is 0 Å². The van der Waals surface area contributed by atoms with Gasteiger partial charge in [0.15, 0.2) is 0 Å². The summed E-state index contributed by atoms with van der Waals surface area (Å²) >= 11 is 0.